The van der Waals surface area contributed by atoms with Crippen molar-refractivity contribution in [2.24, 2.45) is 17.8 Å². The van der Waals surface area contributed by atoms with Crippen LogP contribution in [0.3, 0.4) is 0 Å². The summed E-state index contributed by atoms with van der Waals surface area (Å²) in [6.45, 7) is 8.87. The highest BCUT2D eigenvalue weighted by atomic mass is 16.5. The Labute approximate surface area is 130 Å². The van der Waals surface area contributed by atoms with Crippen LogP contribution in [0.25, 0.3) is 0 Å². The lowest BCUT2D eigenvalue weighted by atomic mass is 9.72. The first kappa shape index (κ1) is 16.4. The maximum atomic E-state index is 5.90. The molecule has 1 aliphatic carbocycles. The molecule has 3 atom stereocenters. The van der Waals surface area contributed by atoms with Gasteiger partial charge >= 0.3 is 0 Å². The van der Waals surface area contributed by atoms with Crippen LogP contribution in [0.1, 0.15) is 46.5 Å². The van der Waals surface area contributed by atoms with E-state index in [0.29, 0.717) is 6.04 Å². The first-order valence-electron chi connectivity index (χ1n) is 8.62. The minimum absolute atomic E-state index is 0.685. The third-order valence-electron chi connectivity index (χ3n) is 4.93. The van der Waals surface area contributed by atoms with E-state index in [1.165, 1.54) is 19.3 Å². The summed E-state index contributed by atoms with van der Waals surface area (Å²) in [7, 11) is 0. The topological polar surface area (TPSA) is 21.3 Å². The molecule has 0 aromatic heterocycles. The third kappa shape index (κ3) is 5.03. The molecular formula is C19H31NO. The molecule has 2 heteroatoms. The molecule has 0 spiro atoms. The summed E-state index contributed by atoms with van der Waals surface area (Å²) in [4.78, 5) is 0. The van der Waals surface area contributed by atoms with Crippen molar-refractivity contribution in [3.63, 3.8) is 0 Å². The number of nitrogens with one attached hydrogen (secondary N) is 1. The van der Waals surface area contributed by atoms with Crippen LogP contribution in [-0.2, 0) is 0 Å². The highest BCUT2D eigenvalue weighted by Gasteiger charge is 2.31. The minimum Gasteiger partial charge on any atom is -0.494 e. The number of para-hydroxylation sites is 1. The van der Waals surface area contributed by atoms with Crippen LogP contribution in [0, 0.1) is 17.8 Å². The van der Waals surface area contributed by atoms with Gasteiger partial charge in [0.1, 0.15) is 5.75 Å². The summed E-state index contributed by atoms with van der Waals surface area (Å²) in [5, 5.41) is 3.69. The highest BCUT2D eigenvalue weighted by Crippen LogP contribution is 2.35. The molecule has 0 aliphatic heterocycles. The van der Waals surface area contributed by atoms with E-state index in [1.807, 2.05) is 30.3 Å². The fraction of sp³-hybridized carbons (Fsp3) is 0.684. The van der Waals surface area contributed by atoms with Gasteiger partial charge in [-0.1, -0.05) is 39.0 Å². The number of rotatable bonds is 7. The van der Waals surface area contributed by atoms with E-state index in [0.717, 1.165) is 43.1 Å². The van der Waals surface area contributed by atoms with Gasteiger partial charge < -0.3 is 10.1 Å². The van der Waals surface area contributed by atoms with Crippen LogP contribution in [0.4, 0.5) is 0 Å². The Morgan fingerprint density at radius 1 is 1.19 bits per heavy atom. The lowest BCUT2D eigenvalue weighted by Crippen LogP contribution is -2.42. The fourth-order valence-electron chi connectivity index (χ4n) is 3.60. The quantitative estimate of drug-likeness (QED) is 0.797. The number of hydrogen-bond acceptors (Lipinski definition) is 2. The molecule has 0 amide bonds. The Morgan fingerprint density at radius 2 is 1.95 bits per heavy atom. The van der Waals surface area contributed by atoms with Crippen molar-refractivity contribution < 1.29 is 4.74 Å². The molecule has 118 valence electrons. The lowest BCUT2D eigenvalue weighted by Gasteiger charge is -2.38. The molecular weight excluding hydrogens is 258 g/mol. The normalized spacial score (nSPS) is 26.0. The van der Waals surface area contributed by atoms with Gasteiger partial charge in [0, 0.05) is 6.04 Å². The van der Waals surface area contributed by atoms with Gasteiger partial charge in [-0.2, -0.15) is 0 Å². The number of benzene rings is 1. The molecule has 21 heavy (non-hydrogen) atoms. The van der Waals surface area contributed by atoms with Crippen molar-refractivity contribution >= 4 is 0 Å². The fourth-order valence-corrected chi connectivity index (χ4v) is 3.60. The van der Waals surface area contributed by atoms with Crippen molar-refractivity contribution in [2.75, 3.05) is 13.2 Å². The first-order valence-corrected chi connectivity index (χ1v) is 8.62. The Balaban J connectivity index is 1.84. The Bertz CT molecular complexity index is 390. The lowest BCUT2D eigenvalue weighted by molar-refractivity contribution is 0.143. The zero-order valence-corrected chi connectivity index (χ0v) is 13.8. The van der Waals surface area contributed by atoms with Crippen molar-refractivity contribution in [3.8, 4) is 5.75 Å². The first-order chi connectivity index (χ1) is 10.2. The largest absolute Gasteiger partial charge is 0.494 e. The molecule has 1 N–H and O–H groups in total. The van der Waals surface area contributed by atoms with Gasteiger partial charge in [0.25, 0.3) is 0 Å². The standard InChI is InChI=1S/C19H31NO/c1-4-20-19-11-10-16(15(2)3)14-17(19)12-13-21-18-8-6-5-7-9-18/h5-9,15-17,19-20H,4,10-14H2,1-3H3. The van der Waals surface area contributed by atoms with Crippen molar-refractivity contribution in [1.29, 1.82) is 0 Å². The molecule has 0 radical (unpaired) electrons. The summed E-state index contributed by atoms with van der Waals surface area (Å²) >= 11 is 0. The second-order valence-electron chi connectivity index (χ2n) is 6.69. The minimum atomic E-state index is 0.685. The summed E-state index contributed by atoms with van der Waals surface area (Å²) < 4.78 is 5.90. The van der Waals surface area contributed by atoms with Crippen molar-refractivity contribution in [1.82, 2.24) is 5.32 Å². The van der Waals surface area contributed by atoms with Gasteiger partial charge in [0.2, 0.25) is 0 Å². The number of ether oxygens (including phenoxy) is 1. The van der Waals surface area contributed by atoms with Gasteiger partial charge in [-0.15, -0.1) is 0 Å². The summed E-state index contributed by atoms with van der Waals surface area (Å²) in [5.41, 5.74) is 0. The Kier molecular flexibility index (Phi) is 6.56. The highest BCUT2D eigenvalue weighted by molar-refractivity contribution is 5.20. The second kappa shape index (κ2) is 8.43. The predicted molar refractivity (Wildman–Crippen MR) is 89.7 cm³/mol. The van der Waals surface area contributed by atoms with Gasteiger partial charge in [-0.25, -0.2) is 0 Å². The average Bonchev–Trinajstić information content (AvgIpc) is 2.50. The number of hydrogen-bond donors (Lipinski definition) is 1. The van der Waals surface area contributed by atoms with Gasteiger partial charge in [-0.3, -0.25) is 0 Å². The van der Waals surface area contributed by atoms with E-state index < -0.39 is 0 Å². The molecule has 1 saturated carbocycles. The molecule has 1 aromatic carbocycles. The van der Waals surface area contributed by atoms with E-state index in [9.17, 15) is 0 Å². The van der Waals surface area contributed by atoms with E-state index >= 15 is 0 Å². The second-order valence-corrected chi connectivity index (χ2v) is 6.69. The van der Waals surface area contributed by atoms with Gasteiger partial charge in [0.15, 0.2) is 0 Å². The molecule has 1 fully saturated rings. The van der Waals surface area contributed by atoms with Crippen LogP contribution in [-0.4, -0.2) is 19.2 Å². The summed E-state index contributed by atoms with van der Waals surface area (Å²) in [6.07, 6.45) is 5.22. The third-order valence-corrected chi connectivity index (χ3v) is 4.93. The molecule has 0 bridgehead atoms. The van der Waals surface area contributed by atoms with E-state index in [4.69, 9.17) is 4.74 Å². The predicted octanol–water partition coefficient (Wildman–Crippen LogP) is 4.51. The van der Waals surface area contributed by atoms with E-state index in [2.05, 4.69) is 26.1 Å². The molecule has 2 nitrogen and oxygen atoms in total. The maximum Gasteiger partial charge on any atom is 0.119 e. The van der Waals surface area contributed by atoms with Crippen molar-refractivity contribution in [3.05, 3.63) is 30.3 Å². The smallest absolute Gasteiger partial charge is 0.119 e. The van der Waals surface area contributed by atoms with E-state index in [-0.39, 0.29) is 0 Å². The van der Waals surface area contributed by atoms with Crippen LogP contribution in [0.2, 0.25) is 0 Å². The zero-order valence-electron chi connectivity index (χ0n) is 13.8. The maximum absolute atomic E-state index is 5.90. The van der Waals surface area contributed by atoms with E-state index in [1.54, 1.807) is 0 Å². The molecule has 1 aromatic rings. The van der Waals surface area contributed by atoms with Crippen LogP contribution >= 0.6 is 0 Å². The van der Waals surface area contributed by atoms with Crippen LogP contribution in [0.15, 0.2) is 30.3 Å². The molecule has 3 unspecified atom stereocenters. The Hall–Kier alpha value is -1.02. The van der Waals surface area contributed by atoms with Crippen LogP contribution < -0.4 is 10.1 Å². The zero-order chi connectivity index (χ0) is 15.1. The van der Waals surface area contributed by atoms with Gasteiger partial charge in [-0.05, 0) is 62.1 Å². The summed E-state index contributed by atoms with van der Waals surface area (Å²) in [6, 6.07) is 10.9. The molecule has 2 rings (SSSR count). The molecule has 0 saturated heterocycles. The Morgan fingerprint density at radius 3 is 2.62 bits per heavy atom. The molecule has 0 heterocycles. The average molecular weight is 289 g/mol. The van der Waals surface area contributed by atoms with Crippen molar-refractivity contribution in [2.45, 2.75) is 52.5 Å². The van der Waals surface area contributed by atoms with Gasteiger partial charge in [0.05, 0.1) is 6.61 Å². The monoisotopic (exact) mass is 289 g/mol. The molecule has 1 aliphatic rings. The van der Waals surface area contributed by atoms with Crippen LogP contribution in [0.5, 0.6) is 5.75 Å². The SMILES string of the molecule is CCNC1CCC(C(C)C)CC1CCOc1ccccc1. The summed E-state index contributed by atoms with van der Waals surface area (Å²) in [5.74, 6) is 3.45.